The summed E-state index contributed by atoms with van der Waals surface area (Å²) in [6.07, 6.45) is 62.0. The van der Waals surface area contributed by atoms with Crippen LogP contribution in [0.1, 0.15) is 258 Å². The van der Waals surface area contributed by atoms with Crippen LogP contribution in [-0.2, 0) is 28.6 Å². The zero-order chi connectivity index (χ0) is 45.1. The number of carbonyl (C=O) groups is 3. The topological polar surface area (TPSA) is 78.9 Å². The maximum atomic E-state index is 12.8. The molecule has 0 radical (unpaired) electrons. The van der Waals surface area contributed by atoms with E-state index in [9.17, 15) is 14.4 Å². The second kappa shape index (κ2) is 50.8. The molecule has 0 aliphatic carbocycles. The van der Waals surface area contributed by atoms with Crippen LogP contribution in [0.2, 0.25) is 0 Å². The summed E-state index contributed by atoms with van der Waals surface area (Å²) in [6.45, 7) is 6.52. The normalized spacial score (nSPS) is 12.5. The van der Waals surface area contributed by atoms with E-state index in [0.717, 1.165) is 109 Å². The number of unbranched alkanes of at least 4 members (excludes halogenated alkanes) is 26. The second-order valence-electron chi connectivity index (χ2n) is 17.4. The van der Waals surface area contributed by atoms with Gasteiger partial charge in [-0.2, -0.15) is 0 Å². The lowest BCUT2D eigenvalue weighted by Crippen LogP contribution is -2.30. The van der Waals surface area contributed by atoms with Crippen LogP contribution >= 0.6 is 0 Å². The fourth-order valence-corrected chi connectivity index (χ4v) is 7.21. The summed E-state index contributed by atoms with van der Waals surface area (Å²) >= 11 is 0. The Kier molecular flexibility index (Phi) is 48.4. The molecular weight excluding hydrogens is 769 g/mol. The van der Waals surface area contributed by atoms with Crippen molar-refractivity contribution in [2.24, 2.45) is 0 Å². The summed E-state index contributed by atoms with van der Waals surface area (Å²) in [5.41, 5.74) is 0. The quantitative estimate of drug-likeness (QED) is 0.0262. The Labute approximate surface area is 383 Å². The Bertz CT molecular complexity index is 1130. The molecule has 0 rings (SSSR count). The number of hydrogen-bond acceptors (Lipinski definition) is 6. The standard InChI is InChI=1S/C56H98O6/c1-4-7-10-13-16-19-22-25-27-28-29-32-34-37-40-43-46-49-55(58)61-52-53(51-60-54(57)48-45-42-39-36-33-30-24-21-18-15-12-9-6-3)62-56(59)50-47-44-41-38-35-31-26-23-20-17-14-11-8-5-2/h12,15-16,19,21,23-27,53H,4-11,13-14,17-18,20,22,28-52H2,1-3H3/b15-12-,19-16-,24-21-,26-23-,27-25-. The van der Waals surface area contributed by atoms with E-state index in [1.165, 1.54) is 109 Å². The van der Waals surface area contributed by atoms with E-state index >= 15 is 0 Å². The van der Waals surface area contributed by atoms with E-state index in [2.05, 4.69) is 81.5 Å². The van der Waals surface area contributed by atoms with Gasteiger partial charge < -0.3 is 14.2 Å². The van der Waals surface area contributed by atoms with Gasteiger partial charge in [0.15, 0.2) is 6.10 Å². The first-order valence-corrected chi connectivity index (χ1v) is 26.3. The average molecular weight is 867 g/mol. The third-order valence-electron chi connectivity index (χ3n) is 11.2. The lowest BCUT2D eigenvalue weighted by molar-refractivity contribution is -0.167. The highest BCUT2D eigenvalue weighted by molar-refractivity contribution is 5.71. The maximum absolute atomic E-state index is 12.8. The van der Waals surface area contributed by atoms with Crippen molar-refractivity contribution in [3.05, 3.63) is 60.8 Å². The van der Waals surface area contributed by atoms with Crippen molar-refractivity contribution in [3.63, 3.8) is 0 Å². The van der Waals surface area contributed by atoms with Gasteiger partial charge in [-0.1, -0.05) is 197 Å². The SMILES string of the molecule is CCC/C=C\C/C=C\CCCCCCCC(=O)OCC(COC(=O)CCCCCCCCC/C=C\C/C=C\CCCCC)OC(=O)CCCCCCC/C=C\CCCCCCC. The first-order valence-electron chi connectivity index (χ1n) is 26.3. The fourth-order valence-electron chi connectivity index (χ4n) is 7.21. The van der Waals surface area contributed by atoms with Crippen LogP contribution in [0.4, 0.5) is 0 Å². The number of rotatable bonds is 47. The van der Waals surface area contributed by atoms with Gasteiger partial charge in [0.2, 0.25) is 0 Å². The minimum absolute atomic E-state index is 0.0860. The molecule has 0 saturated heterocycles. The molecule has 1 unspecified atom stereocenters. The minimum atomic E-state index is -0.786. The van der Waals surface area contributed by atoms with Gasteiger partial charge in [0.1, 0.15) is 13.2 Å². The van der Waals surface area contributed by atoms with Gasteiger partial charge in [-0.25, -0.2) is 0 Å². The average Bonchev–Trinajstić information content (AvgIpc) is 3.27. The van der Waals surface area contributed by atoms with Crippen molar-refractivity contribution in [1.82, 2.24) is 0 Å². The zero-order valence-electron chi connectivity index (χ0n) is 40.9. The first-order chi connectivity index (χ1) is 30.5. The highest BCUT2D eigenvalue weighted by Gasteiger charge is 2.19. The Balaban J connectivity index is 4.40. The Morgan fingerprint density at radius 2 is 0.613 bits per heavy atom. The summed E-state index contributed by atoms with van der Waals surface area (Å²) in [6, 6.07) is 0. The molecular formula is C56H98O6. The fraction of sp³-hybridized carbons (Fsp3) is 0.768. The number of ether oxygens (including phenoxy) is 3. The van der Waals surface area contributed by atoms with Crippen LogP contribution in [-0.4, -0.2) is 37.2 Å². The molecule has 0 aliphatic heterocycles. The highest BCUT2D eigenvalue weighted by Crippen LogP contribution is 2.14. The molecule has 0 fully saturated rings. The summed E-state index contributed by atoms with van der Waals surface area (Å²) in [4.78, 5) is 38.0. The molecule has 0 aromatic rings. The molecule has 6 heteroatoms. The highest BCUT2D eigenvalue weighted by atomic mass is 16.6. The largest absolute Gasteiger partial charge is 0.462 e. The van der Waals surface area contributed by atoms with Crippen LogP contribution in [0.3, 0.4) is 0 Å². The number of esters is 3. The predicted molar refractivity (Wildman–Crippen MR) is 265 cm³/mol. The monoisotopic (exact) mass is 867 g/mol. The number of allylic oxidation sites excluding steroid dienone is 10. The van der Waals surface area contributed by atoms with Gasteiger partial charge in [-0.3, -0.25) is 14.4 Å². The molecule has 62 heavy (non-hydrogen) atoms. The van der Waals surface area contributed by atoms with Crippen molar-refractivity contribution in [3.8, 4) is 0 Å². The first kappa shape index (κ1) is 59.1. The van der Waals surface area contributed by atoms with E-state index < -0.39 is 6.10 Å². The van der Waals surface area contributed by atoms with E-state index in [1.807, 2.05) is 0 Å². The van der Waals surface area contributed by atoms with Crippen molar-refractivity contribution in [1.29, 1.82) is 0 Å². The van der Waals surface area contributed by atoms with Gasteiger partial charge >= 0.3 is 17.9 Å². The molecule has 1 atom stereocenters. The van der Waals surface area contributed by atoms with E-state index in [4.69, 9.17) is 14.2 Å². The lowest BCUT2D eigenvalue weighted by atomic mass is 10.1. The second-order valence-corrected chi connectivity index (χ2v) is 17.4. The molecule has 0 bridgehead atoms. The number of hydrogen-bond donors (Lipinski definition) is 0. The molecule has 6 nitrogen and oxygen atoms in total. The third kappa shape index (κ3) is 48.1. The van der Waals surface area contributed by atoms with Crippen molar-refractivity contribution in [2.45, 2.75) is 264 Å². The minimum Gasteiger partial charge on any atom is -0.462 e. The van der Waals surface area contributed by atoms with Gasteiger partial charge in [0.05, 0.1) is 0 Å². The van der Waals surface area contributed by atoms with Crippen LogP contribution < -0.4 is 0 Å². The molecule has 0 N–H and O–H groups in total. The van der Waals surface area contributed by atoms with Crippen LogP contribution in [0, 0.1) is 0 Å². The molecule has 358 valence electrons. The molecule has 0 aromatic heterocycles. The summed E-state index contributed by atoms with van der Waals surface area (Å²) in [5.74, 6) is -0.912. The molecule has 0 aliphatic rings. The van der Waals surface area contributed by atoms with Gasteiger partial charge in [0.25, 0.3) is 0 Å². The Morgan fingerprint density at radius 3 is 1.00 bits per heavy atom. The molecule has 0 heterocycles. The smallest absolute Gasteiger partial charge is 0.306 e. The Morgan fingerprint density at radius 1 is 0.323 bits per heavy atom. The van der Waals surface area contributed by atoms with Gasteiger partial charge in [-0.05, 0) is 103 Å². The number of carbonyl (C=O) groups excluding carboxylic acids is 3. The lowest BCUT2D eigenvalue weighted by Gasteiger charge is -2.18. The van der Waals surface area contributed by atoms with Crippen LogP contribution in [0.25, 0.3) is 0 Å². The summed E-state index contributed by atoms with van der Waals surface area (Å²) in [7, 11) is 0. The maximum Gasteiger partial charge on any atom is 0.306 e. The van der Waals surface area contributed by atoms with E-state index in [-0.39, 0.29) is 31.1 Å². The predicted octanol–water partition coefficient (Wildman–Crippen LogP) is 17.3. The van der Waals surface area contributed by atoms with Gasteiger partial charge in [0, 0.05) is 19.3 Å². The molecule has 0 saturated carbocycles. The molecule has 0 aromatic carbocycles. The van der Waals surface area contributed by atoms with Crippen molar-refractivity contribution < 1.29 is 28.6 Å². The molecule has 0 spiro atoms. The van der Waals surface area contributed by atoms with Crippen LogP contribution in [0.15, 0.2) is 60.8 Å². The zero-order valence-corrected chi connectivity index (χ0v) is 40.9. The van der Waals surface area contributed by atoms with Gasteiger partial charge in [-0.15, -0.1) is 0 Å². The van der Waals surface area contributed by atoms with E-state index in [0.29, 0.717) is 19.3 Å². The third-order valence-corrected chi connectivity index (χ3v) is 11.2. The summed E-state index contributed by atoms with van der Waals surface area (Å²) in [5, 5.41) is 0. The van der Waals surface area contributed by atoms with Crippen LogP contribution in [0.5, 0.6) is 0 Å². The van der Waals surface area contributed by atoms with Crippen molar-refractivity contribution in [2.75, 3.05) is 13.2 Å². The Hall–Kier alpha value is -2.89. The molecule has 0 amide bonds. The van der Waals surface area contributed by atoms with Crippen molar-refractivity contribution >= 4 is 17.9 Å². The summed E-state index contributed by atoms with van der Waals surface area (Å²) < 4.78 is 16.8. The van der Waals surface area contributed by atoms with E-state index in [1.54, 1.807) is 0 Å².